The lowest BCUT2D eigenvalue weighted by Gasteiger charge is -2.30. The molecule has 0 aromatic heterocycles. The predicted molar refractivity (Wildman–Crippen MR) is 167 cm³/mol. The highest BCUT2D eigenvalue weighted by molar-refractivity contribution is 4.65. The van der Waals surface area contributed by atoms with E-state index in [1.807, 2.05) is 0 Å². The average molecular weight is 542 g/mol. The molecule has 0 fully saturated rings. The third kappa shape index (κ3) is 34.0. The van der Waals surface area contributed by atoms with Crippen molar-refractivity contribution in [3.8, 4) is 0 Å². The lowest BCUT2D eigenvalue weighted by molar-refractivity contribution is -0.890. The Labute approximate surface area is 243 Å². The van der Waals surface area contributed by atoms with Crippen LogP contribution in [0.2, 0.25) is 0 Å². The molecule has 0 aliphatic heterocycles. The monoisotopic (exact) mass is 542 g/mol. The predicted octanol–water partition coefficient (Wildman–Crippen LogP) is 9.20. The van der Waals surface area contributed by atoms with Gasteiger partial charge in [0.05, 0.1) is 27.2 Å². The second-order valence-corrected chi connectivity index (χ2v) is 12.7. The molecule has 0 amide bonds. The van der Waals surface area contributed by atoms with Gasteiger partial charge in [-0.25, -0.2) is 0 Å². The van der Waals surface area contributed by atoms with Gasteiger partial charge in [-0.2, -0.15) is 0 Å². The topological polar surface area (TPSA) is 0 Å². The minimum atomic E-state index is 0. The molecule has 1 nitrogen and oxygen atoms in total. The molecule has 0 saturated carbocycles. The Morgan fingerprint density at radius 2 is 0.649 bits per heavy atom. The molecule has 0 rings (SSSR count). The first-order valence-corrected chi connectivity index (χ1v) is 17.1. The molecule has 0 bridgehead atoms. The van der Waals surface area contributed by atoms with Gasteiger partial charge >= 0.3 is 0 Å². The van der Waals surface area contributed by atoms with E-state index in [1.165, 1.54) is 197 Å². The minimum absolute atomic E-state index is 0. The summed E-state index contributed by atoms with van der Waals surface area (Å²) in [5.74, 6) is 0. The molecule has 0 aliphatic rings. The maximum Gasteiger partial charge on any atom is 0.0782 e. The van der Waals surface area contributed by atoms with E-state index in [2.05, 4.69) is 33.7 Å². The molecule has 0 unspecified atom stereocenters. The van der Waals surface area contributed by atoms with E-state index in [0.29, 0.717) is 0 Å². The van der Waals surface area contributed by atoms with Crippen molar-refractivity contribution in [2.45, 2.75) is 187 Å². The highest BCUT2D eigenvalue weighted by Gasteiger charge is 2.13. The summed E-state index contributed by atoms with van der Waals surface area (Å²) in [4.78, 5) is 0. The molecule has 0 N–H and O–H groups in total. The number of unbranched alkanes of at least 4 members (excludes halogenated alkanes) is 26. The van der Waals surface area contributed by atoms with Crippen LogP contribution in [-0.4, -0.2) is 31.7 Å². The maximum absolute atomic E-state index is 3.80. The van der Waals surface area contributed by atoms with E-state index >= 15 is 0 Å². The SMILES string of the molecule is C=CCCCCCCCCCCCCCCCCCCC[N+](C)(C)CCCCCCCCCCCC.[Cl-]. The van der Waals surface area contributed by atoms with Crippen LogP contribution < -0.4 is 12.4 Å². The number of quaternary nitrogens is 1. The van der Waals surface area contributed by atoms with Crippen molar-refractivity contribution >= 4 is 0 Å². The Morgan fingerprint density at radius 3 is 0.919 bits per heavy atom. The van der Waals surface area contributed by atoms with Crippen molar-refractivity contribution in [2.75, 3.05) is 27.2 Å². The van der Waals surface area contributed by atoms with E-state index in [1.54, 1.807) is 0 Å². The number of hydrogen-bond acceptors (Lipinski definition) is 0. The molecular weight excluding hydrogens is 470 g/mol. The first-order valence-electron chi connectivity index (χ1n) is 17.1. The zero-order valence-electron chi connectivity index (χ0n) is 26.3. The Hall–Kier alpha value is -0.0100. The fourth-order valence-electron chi connectivity index (χ4n) is 5.62. The molecule has 2 heteroatoms. The molecule has 0 aromatic rings. The van der Waals surface area contributed by atoms with Gasteiger partial charge in [0.25, 0.3) is 0 Å². The van der Waals surface area contributed by atoms with Gasteiger partial charge in [0.1, 0.15) is 0 Å². The smallest absolute Gasteiger partial charge is 0.0782 e. The van der Waals surface area contributed by atoms with Crippen molar-refractivity contribution in [1.82, 2.24) is 0 Å². The molecule has 0 aliphatic carbocycles. The number of halogens is 1. The molecule has 0 saturated heterocycles. The highest BCUT2D eigenvalue weighted by Crippen LogP contribution is 2.16. The minimum Gasteiger partial charge on any atom is -1.00 e. The van der Waals surface area contributed by atoms with Crippen molar-refractivity contribution in [3.63, 3.8) is 0 Å². The summed E-state index contributed by atoms with van der Waals surface area (Å²) < 4.78 is 1.24. The van der Waals surface area contributed by atoms with Gasteiger partial charge < -0.3 is 16.9 Å². The van der Waals surface area contributed by atoms with Crippen LogP contribution in [0.15, 0.2) is 12.7 Å². The average Bonchev–Trinajstić information content (AvgIpc) is 2.86. The summed E-state index contributed by atoms with van der Waals surface area (Å²) in [5.41, 5.74) is 0. The van der Waals surface area contributed by atoms with Crippen LogP contribution in [-0.2, 0) is 0 Å². The maximum atomic E-state index is 3.80. The van der Waals surface area contributed by atoms with Crippen LogP contribution in [0.25, 0.3) is 0 Å². The van der Waals surface area contributed by atoms with Gasteiger partial charge in [0.2, 0.25) is 0 Å². The molecule has 0 atom stereocenters. The summed E-state index contributed by atoms with van der Waals surface area (Å²) in [7, 11) is 4.92. The summed E-state index contributed by atoms with van der Waals surface area (Å²) >= 11 is 0. The first-order chi connectivity index (χ1) is 17.6. The number of nitrogens with zero attached hydrogens (tertiary/aromatic N) is 1. The third-order valence-corrected chi connectivity index (χ3v) is 8.29. The molecular formula is C35H72ClN. The third-order valence-electron chi connectivity index (χ3n) is 8.29. The van der Waals surface area contributed by atoms with E-state index in [0.717, 1.165) is 0 Å². The zero-order chi connectivity index (χ0) is 26.4. The Balaban J connectivity index is 0. The molecule has 0 aromatic carbocycles. The van der Waals surface area contributed by atoms with Crippen LogP contribution in [0, 0.1) is 0 Å². The standard InChI is InChI=1S/C35H72N.ClH/c1-5-7-9-11-13-15-17-18-19-20-21-22-23-24-25-27-29-31-33-35-36(3,4)34-32-30-28-26-16-14-12-10-8-6-2;/h5H,1,6-35H2,2-4H3;1H/q+1;/p-1. The first kappa shape index (κ1) is 39.1. The number of rotatable bonds is 31. The van der Waals surface area contributed by atoms with Gasteiger partial charge in [-0.1, -0.05) is 154 Å². The van der Waals surface area contributed by atoms with Crippen LogP contribution in [0.1, 0.15) is 187 Å². The van der Waals surface area contributed by atoms with Gasteiger partial charge in [-0.3, -0.25) is 0 Å². The molecule has 224 valence electrons. The van der Waals surface area contributed by atoms with Crippen molar-refractivity contribution in [1.29, 1.82) is 0 Å². The number of allylic oxidation sites excluding steroid dienone is 1. The van der Waals surface area contributed by atoms with Crippen LogP contribution in [0.5, 0.6) is 0 Å². The normalized spacial score (nSPS) is 11.5. The summed E-state index contributed by atoms with van der Waals surface area (Å²) in [6.07, 6.45) is 42.5. The van der Waals surface area contributed by atoms with Crippen LogP contribution >= 0.6 is 0 Å². The fraction of sp³-hybridized carbons (Fsp3) is 0.943. The molecule has 37 heavy (non-hydrogen) atoms. The van der Waals surface area contributed by atoms with Crippen LogP contribution in [0.4, 0.5) is 0 Å². The Kier molecular flexibility index (Phi) is 34.1. The van der Waals surface area contributed by atoms with E-state index in [4.69, 9.17) is 0 Å². The van der Waals surface area contributed by atoms with E-state index in [-0.39, 0.29) is 12.4 Å². The van der Waals surface area contributed by atoms with Crippen molar-refractivity contribution in [2.24, 2.45) is 0 Å². The van der Waals surface area contributed by atoms with E-state index in [9.17, 15) is 0 Å². The second kappa shape index (κ2) is 32.2. The zero-order valence-corrected chi connectivity index (χ0v) is 27.1. The summed E-state index contributed by atoms with van der Waals surface area (Å²) in [6.45, 7) is 8.87. The molecule has 0 heterocycles. The summed E-state index contributed by atoms with van der Waals surface area (Å²) in [6, 6.07) is 0. The second-order valence-electron chi connectivity index (χ2n) is 12.7. The van der Waals surface area contributed by atoms with Gasteiger partial charge in [0, 0.05) is 0 Å². The largest absolute Gasteiger partial charge is 1.00 e. The molecule has 0 radical (unpaired) electrons. The highest BCUT2D eigenvalue weighted by atomic mass is 35.5. The Morgan fingerprint density at radius 1 is 0.405 bits per heavy atom. The van der Waals surface area contributed by atoms with Gasteiger partial charge in [0.15, 0.2) is 0 Å². The Bertz CT molecular complexity index is 419. The van der Waals surface area contributed by atoms with Crippen molar-refractivity contribution in [3.05, 3.63) is 12.7 Å². The van der Waals surface area contributed by atoms with Gasteiger partial charge in [-0.15, -0.1) is 6.58 Å². The quantitative estimate of drug-likeness (QED) is 0.0466. The van der Waals surface area contributed by atoms with Crippen molar-refractivity contribution < 1.29 is 16.9 Å². The van der Waals surface area contributed by atoms with E-state index < -0.39 is 0 Å². The number of hydrogen-bond donors (Lipinski definition) is 0. The van der Waals surface area contributed by atoms with Gasteiger partial charge in [-0.05, 0) is 38.5 Å². The summed E-state index contributed by atoms with van der Waals surface area (Å²) in [5, 5.41) is 0. The lowest BCUT2D eigenvalue weighted by Crippen LogP contribution is -3.00. The van der Waals surface area contributed by atoms with Crippen LogP contribution in [0.3, 0.4) is 0 Å². The molecule has 0 spiro atoms. The fourth-order valence-corrected chi connectivity index (χ4v) is 5.62. The lowest BCUT2D eigenvalue weighted by atomic mass is 10.0.